The smallest absolute Gasteiger partial charge is 0.450 e. The lowest BCUT2D eigenvalue weighted by Crippen LogP contribution is -2.49. The molecule has 0 spiro atoms. The van der Waals surface area contributed by atoms with Crippen LogP contribution in [0.15, 0.2) is 29.8 Å². The quantitative estimate of drug-likeness (QED) is 0.419. The number of ketones is 1. The molecule has 0 saturated carbocycles. The highest BCUT2D eigenvalue weighted by atomic mass is 35.5. The number of carbonyl (C=O) groups is 2. The van der Waals surface area contributed by atoms with Crippen LogP contribution in [0.2, 0.25) is 10.0 Å². The number of carboxylic acid groups (broad SMARTS) is 1. The molecule has 0 fully saturated rings. The molecule has 142 valence electrons. The number of hydrogen-bond acceptors (Lipinski definition) is 3. The minimum Gasteiger partial charge on any atom is -0.450 e. The number of rotatable bonds is 8. The molecule has 0 amide bonds. The van der Waals surface area contributed by atoms with Crippen molar-refractivity contribution in [3.63, 3.8) is 0 Å². The van der Waals surface area contributed by atoms with E-state index in [1.54, 1.807) is 18.2 Å². The summed E-state index contributed by atoms with van der Waals surface area (Å²) >= 11 is 12.5. The fourth-order valence-electron chi connectivity index (χ4n) is 3.84. The molecular formula is C20H24Cl2O4. The van der Waals surface area contributed by atoms with E-state index in [9.17, 15) is 14.7 Å². The highest BCUT2D eigenvalue weighted by Gasteiger charge is 2.50. The van der Waals surface area contributed by atoms with Gasteiger partial charge in [-0.05, 0) is 55.4 Å². The van der Waals surface area contributed by atoms with Gasteiger partial charge in [-0.25, -0.2) is 4.79 Å². The van der Waals surface area contributed by atoms with Gasteiger partial charge in [0, 0.05) is 16.5 Å². The fraction of sp³-hybridized carbons (Fsp3) is 0.500. The largest absolute Gasteiger partial charge is 0.506 e. The average molecular weight is 399 g/mol. The van der Waals surface area contributed by atoms with Crippen LogP contribution in [0.1, 0.15) is 57.9 Å². The second-order valence-electron chi connectivity index (χ2n) is 6.56. The second-order valence-corrected chi connectivity index (χ2v) is 7.40. The lowest BCUT2D eigenvalue weighted by Gasteiger charge is -2.39. The molecule has 0 aromatic heterocycles. The van der Waals surface area contributed by atoms with Crippen molar-refractivity contribution in [2.75, 3.05) is 0 Å². The molecule has 2 atom stereocenters. The van der Waals surface area contributed by atoms with Gasteiger partial charge in [-0.15, -0.1) is 0 Å². The molecule has 0 radical (unpaired) electrons. The number of ether oxygens (including phenoxy) is 1. The maximum atomic E-state index is 13.3. The van der Waals surface area contributed by atoms with E-state index in [0.29, 0.717) is 41.3 Å². The first-order valence-electron chi connectivity index (χ1n) is 8.94. The zero-order valence-corrected chi connectivity index (χ0v) is 16.6. The summed E-state index contributed by atoms with van der Waals surface area (Å²) in [6.45, 7) is 3.79. The number of Topliss-reactive ketones (excluding diaryl/α,β-unsaturated/α-hetero) is 1. The molecular weight excluding hydrogens is 375 g/mol. The van der Waals surface area contributed by atoms with Crippen molar-refractivity contribution in [3.05, 3.63) is 45.5 Å². The van der Waals surface area contributed by atoms with Gasteiger partial charge in [0.2, 0.25) is 0 Å². The average Bonchev–Trinajstić information content (AvgIpc) is 3.10. The van der Waals surface area contributed by atoms with Gasteiger partial charge in [0.25, 0.3) is 0 Å². The molecule has 0 aliphatic heterocycles. The maximum Gasteiger partial charge on any atom is 0.506 e. The van der Waals surface area contributed by atoms with Gasteiger partial charge in [-0.3, -0.25) is 4.79 Å². The van der Waals surface area contributed by atoms with Crippen LogP contribution in [0.5, 0.6) is 0 Å². The second kappa shape index (κ2) is 8.92. The molecule has 0 bridgehead atoms. The molecule has 1 aromatic rings. The molecule has 1 aromatic carbocycles. The number of carbonyl (C=O) groups excluding carboxylic acids is 1. The normalized spacial score (nSPS) is 17.3. The van der Waals surface area contributed by atoms with Crippen LogP contribution < -0.4 is 0 Å². The Morgan fingerprint density at radius 1 is 1.31 bits per heavy atom. The Balaban J connectivity index is 2.70. The monoisotopic (exact) mass is 398 g/mol. The van der Waals surface area contributed by atoms with Crippen molar-refractivity contribution in [1.29, 1.82) is 0 Å². The zero-order valence-electron chi connectivity index (χ0n) is 15.1. The number of allylic oxidation sites excluding steroid dienone is 1. The van der Waals surface area contributed by atoms with Crippen molar-refractivity contribution in [1.82, 2.24) is 0 Å². The Morgan fingerprint density at radius 2 is 2.04 bits per heavy atom. The number of halogens is 2. The van der Waals surface area contributed by atoms with Crippen LogP contribution in [0.3, 0.4) is 0 Å². The van der Waals surface area contributed by atoms with Crippen LogP contribution in [0.25, 0.3) is 0 Å². The fourth-order valence-corrected chi connectivity index (χ4v) is 4.42. The third-order valence-corrected chi connectivity index (χ3v) is 5.57. The SMILES string of the molecule is CCCC(=O)C(CC)(c1ccc(Cl)cc1Cl)C(OC(=O)O)C1=CCCC1. The topological polar surface area (TPSA) is 63.6 Å². The summed E-state index contributed by atoms with van der Waals surface area (Å²) in [7, 11) is 0. The molecule has 2 unspecified atom stereocenters. The third kappa shape index (κ3) is 4.07. The Kier molecular flexibility index (Phi) is 7.13. The van der Waals surface area contributed by atoms with E-state index in [1.165, 1.54) is 0 Å². The first kappa shape index (κ1) is 20.8. The van der Waals surface area contributed by atoms with Crippen LogP contribution in [-0.2, 0) is 14.9 Å². The van der Waals surface area contributed by atoms with Crippen molar-refractivity contribution < 1.29 is 19.4 Å². The number of hydrogen-bond donors (Lipinski definition) is 1. The first-order chi connectivity index (χ1) is 12.4. The summed E-state index contributed by atoms with van der Waals surface area (Å²) in [5, 5.41) is 10.2. The predicted octanol–water partition coefficient (Wildman–Crippen LogP) is 6.18. The Morgan fingerprint density at radius 3 is 2.54 bits per heavy atom. The van der Waals surface area contributed by atoms with E-state index in [4.69, 9.17) is 27.9 Å². The molecule has 0 saturated heterocycles. The molecule has 1 aliphatic rings. The summed E-state index contributed by atoms with van der Waals surface area (Å²) in [5.74, 6) is -0.0641. The highest BCUT2D eigenvalue weighted by Crippen LogP contribution is 2.45. The summed E-state index contributed by atoms with van der Waals surface area (Å²) in [6.07, 6.45) is 3.55. The van der Waals surface area contributed by atoms with Crippen molar-refractivity contribution >= 4 is 35.1 Å². The van der Waals surface area contributed by atoms with Gasteiger partial charge < -0.3 is 9.84 Å². The Hall–Kier alpha value is -1.52. The number of benzene rings is 1. The first-order valence-corrected chi connectivity index (χ1v) is 9.69. The van der Waals surface area contributed by atoms with Crippen LogP contribution in [0.4, 0.5) is 4.79 Å². The lowest BCUT2D eigenvalue weighted by molar-refractivity contribution is -0.129. The maximum absolute atomic E-state index is 13.3. The highest BCUT2D eigenvalue weighted by molar-refractivity contribution is 6.35. The zero-order chi connectivity index (χ0) is 19.3. The van der Waals surface area contributed by atoms with Crippen LogP contribution in [-0.4, -0.2) is 23.1 Å². The minimum atomic E-state index is -1.39. The van der Waals surface area contributed by atoms with Crippen LogP contribution in [0, 0.1) is 0 Å². The molecule has 4 nitrogen and oxygen atoms in total. The Bertz CT molecular complexity index is 714. The predicted molar refractivity (Wildman–Crippen MR) is 103 cm³/mol. The minimum absolute atomic E-state index is 0.0641. The van der Waals surface area contributed by atoms with Gasteiger partial charge in [0.15, 0.2) is 0 Å². The summed E-state index contributed by atoms with van der Waals surface area (Å²) < 4.78 is 5.33. The summed E-state index contributed by atoms with van der Waals surface area (Å²) in [6, 6.07) is 4.98. The molecule has 1 N–H and O–H groups in total. The van der Waals surface area contributed by atoms with E-state index in [2.05, 4.69) is 0 Å². The Labute approximate surface area is 164 Å². The van der Waals surface area contributed by atoms with E-state index in [0.717, 1.165) is 18.4 Å². The molecule has 26 heavy (non-hydrogen) atoms. The molecule has 0 heterocycles. The van der Waals surface area contributed by atoms with E-state index in [-0.39, 0.29) is 5.78 Å². The lowest BCUT2D eigenvalue weighted by atomic mass is 9.67. The van der Waals surface area contributed by atoms with Crippen molar-refractivity contribution in [2.24, 2.45) is 0 Å². The van der Waals surface area contributed by atoms with E-state index >= 15 is 0 Å². The van der Waals surface area contributed by atoms with Gasteiger partial charge in [0.05, 0.1) is 5.41 Å². The van der Waals surface area contributed by atoms with Gasteiger partial charge in [-0.1, -0.05) is 49.2 Å². The molecule has 6 heteroatoms. The van der Waals surface area contributed by atoms with Crippen molar-refractivity contribution in [3.8, 4) is 0 Å². The standard InChI is InChI=1S/C20H24Cl2O4/c1-3-7-17(23)20(4-2,15-11-10-14(21)12-16(15)22)18(26-19(24)25)13-8-5-6-9-13/h8,10-12,18H,3-7,9H2,1-2H3,(H,24,25). The summed E-state index contributed by atoms with van der Waals surface area (Å²) in [4.78, 5) is 24.8. The van der Waals surface area contributed by atoms with Crippen molar-refractivity contribution in [2.45, 2.75) is 63.9 Å². The van der Waals surface area contributed by atoms with Gasteiger partial charge in [0.1, 0.15) is 11.9 Å². The van der Waals surface area contributed by atoms with E-state index in [1.807, 2.05) is 19.9 Å². The van der Waals surface area contributed by atoms with Gasteiger partial charge >= 0.3 is 6.16 Å². The van der Waals surface area contributed by atoms with Gasteiger partial charge in [-0.2, -0.15) is 0 Å². The van der Waals surface area contributed by atoms with E-state index < -0.39 is 17.7 Å². The third-order valence-electron chi connectivity index (χ3n) is 5.02. The summed E-state index contributed by atoms with van der Waals surface area (Å²) in [5.41, 5.74) is 0.264. The molecule has 2 rings (SSSR count). The molecule has 1 aliphatic carbocycles. The van der Waals surface area contributed by atoms with Crippen LogP contribution >= 0.6 is 23.2 Å².